The fraction of sp³-hybridized carbons (Fsp3) is 0.800. The molecule has 0 aliphatic carbocycles. The maximum Gasteiger partial charge on any atom is 0.220 e. The van der Waals surface area contributed by atoms with Crippen molar-refractivity contribution in [3.05, 3.63) is 0 Å². The molecule has 2 heteroatoms. The number of unbranched alkanes of at least 4 members (excludes halogenated alkanes) is 2. The van der Waals surface area contributed by atoms with E-state index in [1.54, 1.807) is 0 Å². The van der Waals surface area contributed by atoms with Gasteiger partial charge in [-0.05, 0) is 30.6 Å². The molecular weight excluding hydrogens is 210 g/mol. The van der Waals surface area contributed by atoms with E-state index in [4.69, 9.17) is 6.42 Å². The first-order chi connectivity index (χ1) is 7.99. The van der Waals surface area contributed by atoms with Crippen molar-refractivity contribution in [3.8, 4) is 12.3 Å². The third-order valence-electron chi connectivity index (χ3n) is 3.22. The summed E-state index contributed by atoms with van der Waals surface area (Å²) in [5.41, 5.74) is 0. The van der Waals surface area contributed by atoms with Gasteiger partial charge in [0.1, 0.15) is 0 Å². The lowest BCUT2D eigenvalue weighted by molar-refractivity contribution is -0.121. The van der Waals surface area contributed by atoms with Crippen molar-refractivity contribution in [2.45, 2.75) is 53.4 Å². The smallest absolute Gasteiger partial charge is 0.220 e. The van der Waals surface area contributed by atoms with Gasteiger partial charge in [0.15, 0.2) is 0 Å². The third-order valence-corrected chi connectivity index (χ3v) is 3.22. The van der Waals surface area contributed by atoms with Crippen LogP contribution in [-0.2, 0) is 4.79 Å². The number of rotatable bonds is 8. The second kappa shape index (κ2) is 9.10. The van der Waals surface area contributed by atoms with E-state index in [0.29, 0.717) is 24.2 Å². The van der Waals surface area contributed by atoms with E-state index in [9.17, 15) is 4.79 Å². The fourth-order valence-electron chi connectivity index (χ4n) is 2.07. The fourth-order valence-corrected chi connectivity index (χ4v) is 2.07. The van der Waals surface area contributed by atoms with Crippen LogP contribution in [0.1, 0.15) is 53.4 Å². The molecule has 0 fully saturated rings. The Morgan fingerprint density at radius 3 is 2.24 bits per heavy atom. The summed E-state index contributed by atoms with van der Waals surface area (Å²) in [4.78, 5) is 11.6. The zero-order valence-electron chi connectivity index (χ0n) is 11.8. The number of terminal acetylenes is 1. The molecule has 0 saturated carbocycles. The second-order valence-corrected chi connectivity index (χ2v) is 5.37. The van der Waals surface area contributed by atoms with E-state index >= 15 is 0 Å². The van der Waals surface area contributed by atoms with Crippen LogP contribution in [0.25, 0.3) is 0 Å². The average molecular weight is 237 g/mol. The molecule has 2 nitrogen and oxygen atoms in total. The summed E-state index contributed by atoms with van der Waals surface area (Å²) >= 11 is 0. The lowest BCUT2D eigenvalue weighted by Crippen LogP contribution is -2.33. The topological polar surface area (TPSA) is 29.1 Å². The third kappa shape index (κ3) is 7.85. The quantitative estimate of drug-likeness (QED) is 0.509. The largest absolute Gasteiger partial charge is 0.356 e. The highest BCUT2D eigenvalue weighted by Crippen LogP contribution is 2.19. The van der Waals surface area contributed by atoms with Gasteiger partial charge in [0.2, 0.25) is 5.91 Å². The predicted octanol–water partition coefficient (Wildman–Crippen LogP) is 3.22. The summed E-state index contributed by atoms with van der Waals surface area (Å²) in [5, 5.41) is 3.03. The first kappa shape index (κ1) is 16.0. The van der Waals surface area contributed by atoms with E-state index < -0.39 is 0 Å². The van der Waals surface area contributed by atoms with Gasteiger partial charge in [-0.1, -0.05) is 27.7 Å². The Labute approximate surface area is 107 Å². The SMILES string of the molecule is C#CCCCCC(=O)NCC(C(C)C)C(C)C. The van der Waals surface area contributed by atoms with Crippen LogP contribution in [-0.4, -0.2) is 12.5 Å². The summed E-state index contributed by atoms with van der Waals surface area (Å²) in [6, 6.07) is 0. The van der Waals surface area contributed by atoms with Gasteiger partial charge in [0.25, 0.3) is 0 Å². The maximum atomic E-state index is 11.6. The Hall–Kier alpha value is -0.970. The summed E-state index contributed by atoms with van der Waals surface area (Å²) < 4.78 is 0. The van der Waals surface area contributed by atoms with E-state index in [-0.39, 0.29) is 5.91 Å². The summed E-state index contributed by atoms with van der Waals surface area (Å²) in [5.74, 6) is 4.53. The van der Waals surface area contributed by atoms with Crippen LogP contribution in [0.5, 0.6) is 0 Å². The average Bonchev–Trinajstić information content (AvgIpc) is 2.23. The molecule has 17 heavy (non-hydrogen) atoms. The van der Waals surface area contributed by atoms with E-state index in [1.807, 2.05) is 0 Å². The molecule has 0 unspecified atom stereocenters. The molecule has 0 saturated heterocycles. The monoisotopic (exact) mass is 237 g/mol. The van der Waals surface area contributed by atoms with Gasteiger partial charge in [-0.2, -0.15) is 0 Å². The van der Waals surface area contributed by atoms with Crippen molar-refractivity contribution in [2.24, 2.45) is 17.8 Å². The molecule has 0 aromatic carbocycles. The molecule has 0 heterocycles. The van der Waals surface area contributed by atoms with Crippen LogP contribution < -0.4 is 5.32 Å². The van der Waals surface area contributed by atoms with E-state index in [1.165, 1.54) is 0 Å². The van der Waals surface area contributed by atoms with Crippen molar-refractivity contribution in [3.63, 3.8) is 0 Å². The van der Waals surface area contributed by atoms with E-state index in [2.05, 4.69) is 38.9 Å². The standard InChI is InChI=1S/C15H27NO/c1-6-7-8-9-10-15(17)16-11-14(12(2)3)13(4)5/h1,12-14H,7-11H2,2-5H3,(H,16,17). The van der Waals surface area contributed by atoms with Crippen molar-refractivity contribution < 1.29 is 4.79 Å². The first-order valence-corrected chi connectivity index (χ1v) is 6.69. The molecule has 98 valence electrons. The molecule has 0 aliphatic heterocycles. The highest BCUT2D eigenvalue weighted by atomic mass is 16.1. The zero-order chi connectivity index (χ0) is 13.3. The van der Waals surface area contributed by atoms with Crippen LogP contribution in [0.15, 0.2) is 0 Å². The second-order valence-electron chi connectivity index (χ2n) is 5.37. The normalized spacial score (nSPS) is 10.9. The maximum absolute atomic E-state index is 11.6. The van der Waals surface area contributed by atoms with Gasteiger partial charge in [-0.3, -0.25) is 4.79 Å². The van der Waals surface area contributed by atoms with Crippen LogP contribution in [0, 0.1) is 30.1 Å². The molecule has 0 aliphatic rings. The van der Waals surface area contributed by atoms with Gasteiger partial charge in [-0.15, -0.1) is 12.3 Å². The van der Waals surface area contributed by atoms with Gasteiger partial charge >= 0.3 is 0 Å². The number of nitrogens with one attached hydrogen (secondary N) is 1. The minimum Gasteiger partial charge on any atom is -0.356 e. The Balaban J connectivity index is 3.78. The van der Waals surface area contributed by atoms with Crippen LogP contribution in [0.2, 0.25) is 0 Å². The number of carbonyl (C=O) groups is 1. The minimum absolute atomic E-state index is 0.160. The van der Waals surface area contributed by atoms with E-state index in [0.717, 1.165) is 25.8 Å². The van der Waals surface area contributed by atoms with Gasteiger partial charge in [0.05, 0.1) is 0 Å². The summed E-state index contributed by atoms with van der Waals surface area (Å²) in [7, 11) is 0. The van der Waals surface area contributed by atoms with Crippen LogP contribution in [0.4, 0.5) is 0 Å². The van der Waals surface area contributed by atoms with Crippen molar-refractivity contribution in [1.82, 2.24) is 5.32 Å². The minimum atomic E-state index is 0.160. The highest BCUT2D eigenvalue weighted by Gasteiger charge is 2.17. The zero-order valence-corrected chi connectivity index (χ0v) is 11.8. The Bertz CT molecular complexity index is 242. The predicted molar refractivity (Wildman–Crippen MR) is 73.5 cm³/mol. The molecule has 0 aromatic rings. The molecule has 0 radical (unpaired) electrons. The highest BCUT2D eigenvalue weighted by molar-refractivity contribution is 5.75. The van der Waals surface area contributed by atoms with Crippen molar-refractivity contribution >= 4 is 5.91 Å². The lowest BCUT2D eigenvalue weighted by atomic mass is 9.85. The summed E-state index contributed by atoms with van der Waals surface area (Å²) in [6.07, 6.45) is 8.37. The molecule has 1 N–H and O–H groups in total. The van der Waals surface area contributed by atoms with Crippen molar-refractivity contribution in [1.29, 1.82) is 0 Å². The number of carbonyl (C=O) groups excluding carboxylic acids is 1. The Kier molecular flexibility index (Phi) is 8.58. The molecule has 1 amide bonds. The molecular formula is C15H27NO. The number of amides is 1. The lowest BCUT2D eigenvalue weighted by Gasteiger charge is -2.25. The molecule has 0 bridgehead atoms. The van der Waals surface area contributed by atoms with Crippen molar-refractivity contribution in [2.75, 3.05) is 6.54 Å². The van der Waals surface area contributed by atoms with Crippen LogP contribution in [0.3, 0.4) is 0 Å². The van der Waals surface area contributed by atoms with Gasteiger partial charge in [-0.25, -0.2) is 0 Å². The Morgan fingerprint density at radius 1 is 1.18 bits per heavy atom. The number of hydrogen-bond donors (Lipinski definition) is 1. The van der Waals surface area contributed by atoms with Gasteiger partial charge in [0, 0.05) is 19.4 Å². The Morgan fingerprint density at radius 2 is 1.76 bits per heavy atom. The molecule has 0 spiro atoms. The molecule has 0 rings (SSSR count). The van der Waals surface area contributed by atoms with Crippen LogP contribution >= 0.6 is 0 Å². The van der Waals surface area contributed by atoms with Gasteiger partial charge < -0.3 is 5.32 Å². The number of hydrogen-bond acceptors (Lipinski definition) is 1. The molecule has 0 aromatic heterocycles. The first-order valence-electron chi connectivity index (χ1n) is 6.69. The molecule has 0 atom stereocenters. The summed E-state index contributed by atoms with van der Waals surface area (Å²) in [6.45, 7) is 9.64.